The number of aryl methyl sites for hydroxylation is 1. The van der Waals surface area contributed by atoms with Crippen LogP contribution in [0.4, 0.5) is 16.2 Å². The Hall–Kier alpha value is -6.25. The minimum atomic E-state index is -4.43. The lowest BCUT2D eigenvalue weighted by Gasteiger charge is -2.27. The second-order valence-corrected chi connectivity index (χ2v) is 33.3. The summed E-state index contributed by atoms with van der Waals surface area (Å²) in [5.74, 6) is 12.4. The predicted molar refractivity (Wildman–Crippen MR) is 353 cm³/mol. The monoisotopic (exact) mass is 1380 g/mol. The van der Waals surface area contributed by atoms with Gasteiger partial charge in [0.2, 0.25) is 0 Å². The van der Waals surface area contributed by atoms with Crippen LogP contribution in [0.5, 0.6) is 11.5 Å². The summed E-state index contributed by atoms with van der Waals surface area (Å²) in [6.07, 6.45) is 0.495. The molecule has 1 fully saturated rings. The summed E-state index contributed by atoms with van der Waals surface area (Å²) in [7, 11) is -18.4. The van der Waals surface area contributed by atoms with Gasteiger partial charge in [-0.15, -0.1) is 0 Å². The zero-order valence-corrected chi connectivity index (χ0v) is 58.7. The average molecular weight is 1380 g/mol. The summed E-state index contributed by atoms with van der Waals surface area (Å²) in [6.45, 7) is 17.0. The number of benzene rings is 2. The van der Waals surface area contributed by atoms with Crippen LogP contribution in [0.15, 0.2) is 72.8 Å². The molecule has 1 amide bonds. The van der Waals surface area contributed by atoms with Gasteiger partial charge in [0.05, 0.1) is 101 Å². The van der Waals surface area contributed by atoms with E-state index < -0.39 is 65.5 Å². The van der Waals surface area contributed by atoms with Crippen molar-refractivity contribution < 1.29 is 73.3 Å². The Labute approximate surface area is 547 Å². The van der Waals surface area contributed by atoms with E-state index in [1.165, 1.54) is 26.4 Å². The van der Waals surface area contributed by atoms with Crippen molar-refractivity contribution in [3.05, 3.63) is 118 Å². The number of nitrogens with zero attached hydrogens (tertiary/aromatic N) is 8. The first-order valence-corrected chi connectivity index (χ1v) is 39.7. The Morgan fingerprint density at radius 1 is 0.570 bits per heavy atom. The van der Waals surface area contributed by atoms with Crippen LogP contribution in [0.1, 0.15) is 98.8 Å². The number of rotatable bonds is 27. The fourth-order valence-corrected chi connectivity index (χ4v) is 13.2. The lowest BCUT2D eigenvalue weighted by molar-refractivity contribution is -0.170. The number of nitrogens with one attached hydrogen (secondary N) is 1. The van der Waals surface area contributed by atoms with Crippen molar-refractivity contribution in [1.82, 2.24) is 35.0 Å². The number of alkyl carbamates (subject to hydrolysis) is 1. The van der Waals surface area contributed by atoms with Gasteiger partial charge in [0.1, 0.15) is 17.1 Å². The van der Waals surface area contributed by atoms with Gasteiger partial charge in [-0.25, -0.2) is 36.6 Å². The predicted octanol–water partition coefficient (Wildman–Crippen LogP) is 3.17. The molecular weight excluding hydrogens is 1300 g/mol. The van der Waals surface area contributed by atoms with Crippen molar-refractivity contribution in [1.29, 1.82) is 0 Å². The van der Waals surface area contributed by atoms with E-state index in [-0.39, 0.29) is 68.4 Å². The summed E-state index contributed by atoms with van der Waals surface area (Å²) in [6, 6.07) is 20.1. The van der Waals surface area contributed by atoms with Gasteiger partial charge in [0.15, 0.2) is 0 Å². The first-order valence-electron chi connectivity index (χ1n) is 30.3. The zero-order valence-electron chi connectivity index (χ0n) is 54.3. The van der Waals surface area contributed by atoms with Crippen LogP contribution in [-0.4, -0.2) is 185 Å². The summed E-state index contributed by atoms with van der Waals surface area (Å²) in [5, 5.41) is 2.74. The summed E-state index contributed by atoms with van der Waals surface area (Å²) in [5.41, 5.74) is 3.88. The van der Waals surface area contributed by atoms with Crippen LogP contribution in [-0.2, 0) is 64.7 Å². The van der Waals surface area contributed by atoms with Crippen molar-refractivity contribution in [2.75, 3.05) is 128 Å². The third-order valence-corrected chi connectivity index (χ3v) is 19.5. The van der Waals surface area contributed by atoms with Crippen molar-refractivity contribution in [2.24, 2.45) is 0 Å². The third kappa shape index (κ3) is 25.8. The van der Waals surface area contributed by atoms with Crippen molar-refractivity contribution in [3.63, 3.8) is 0 Å². The molecule has 6 rings (SSSR count). The van der Waals surface area contributed by atoms with E-state index in [2.05, 4.69) is 58.7 Å². The highest BCUT2D eigenvalue weighted by Crippen LogP contribution is 2.33. The van der Waals surface area contributed by atoms with Crippen LogP contribution in [0.25, 0.3) is 0 Å². The lowest BCUT2D eigenvalue weighted by atomic mass is 10.1. The van der Waals surface area contributed by atoms with Gasteiger partial charge < -0.3 is 66.8 Å². The molecule has 1 N–H and O–H groups in total. The number of carbonyl (C=O) groups is 1. The number of ether oxygens (including phenoxy) is 3. The van der Waals surface area contributed by atoms with E-state index in [1.807, 2.05) is 29.7 Å². The van der Waals surface area contributed by atoms with Crippen molar-refractivity contribution in [2.45, 2.75) is 85.5 Å². The number of pyridine rings is 3. The van der Waals surface area contributed by atoms with Gasteiger partial charge in [-0.2, -0.15) is 0 Å². The SMILES string of the molecule is CCN(CCCS(=O)(=O)[O-])c1cc(C#Cc2cc(CN3CCN(Cc4cc(C#Cc5ccc(OC)c(N(CC)CCCS(=O)(=O)[O-])c5)cc(P(C)(=O)[O-])n4)CCN(Cc4cc(CCCNC(=O)OC(C)(C)C)cc(P(C)(=O)[O-])n4)CC3)nc(P(C)(=O)[O-])c2)ccc1OC. The Morgan fingerprint density at radius 2 is 0.935 bits per heavy atom. The number of carbonyl (C=O) groups excluding carboxylic acids is 1. The molecule has 4 heterocycles. The van der Waals surface area contributed by atoms with Gasteiger partial charge >= 0.3 is 6.09 Å². The van der Waals surface area contributed by atoms with Gasteiger partial charge in [-0.05, 0) is 159 Å². The highest BCUT2D eigenvalue weighted by molar-refractivity contribution is 7.85. The molecule has 3 unspecified atom stereocenters. The molecule has 3 atom stereocenters. The van der Waals surface area contributed by atoms with Gasteiger partial charge in [-0.1, -0.05) is 23.7 Å². The zero-order chi connectivity index (χ0) is 68.5. The van der Waals surface area contributed by atoms with Gasteiger partial charge in [-0.3, -0.25) is 14.7 Å². The van der Waals surface area contributed by atoms with E-state index in [1.54, 1.807) is 75.4 Å². The summed E-state index contributed by atoms with van der Waals surface area (Å²) < 4.78 is 125. The molecule has 5 aromatic rings. The Morgan fingerprint density at radius 3 is 1.28 bits per heavy atom. The fourth-order valence-electron chi connectivity index (χ4n) is 10.2. The lowest BCUT2D eigenvalue weighted by Crippen LogP contribution is -2.36. The van der Waals surface area contributed by atoms with Gasteiger partial charge in [0, 0.05) is 125 Å². The number of methoxy groups -OCH3 is 2. The van der Waals surface area contributed by atoms with E-state index >= 15 is 0 Å². The summed E-state index contributed by atoms with van der Waals surface area (Å²) >= 11 is 0. The standard InChI is InChI=1S/C63H88N9O16P3S2/c1-11-71(26-14-34-92(80,81)82)55-39-47(21-23-57(55)86-6)17-19-50-37-53(66-60(42-50)90(9,76)77)45-69-30-28-68(44-52-36-49(41-59(65-52)89(8,74)75)16-13-25-64-62(73)88-63(3,4)5)29-31-70(33-32-69)46-54-38-51(43-61(67-54)91(10,78)79)20-18-48-22-24-58(87-7)56(40-48)72(12-2)27-15-35-93(83,84)85/h21-24,36-43H,11-16,25-35,44-46H2,1-10H3,(H,64,73)(H,74,75)(H,76,77)(H,78,79)(H,80,81,82)(H,83,84,85)/p-5. The minimum absolute atomic E-state index is 0.0836. The van der Waals surface area contributed by atoms with Crippen LogP contribution in [0.2, 0.25) is 0 Å². The first kappa shape index (κ1) is 75.8. The molecule has 1 aliphatic rings. The molecular formula is C63H83N9O16P3S2-5. The Bertz CT molecular complexity index is 3750. The molecule has 3 aromatic heterocycles. The second-order valence-electron chi connectivity index (χ2n) is 23.8. The molecule has 93 heavy (non-hydrogen) atoms. The van der Waals surface area contributed by atoms with E-state index in [9.17, 15) is 59.1 Å². The smallest absolute Gasteiger partial charge is 0.407 e. The molecule has 0 saturated carbocycles. The average Bonchev–Trinajstić information content (AvgIpc) is 1.18. The Balaban J connectivity index is 1.35. The van der Waals surface area contributed by atoms with E-state index in [0.717, 1.165) is 20.0 Å². The van der Waals surface area contributed by atoms with Crippen molar-refractivity contribution >= 4 is 76.1 Å². The molecule has 0 bridgehead atoms. The second kappa shape index (κ2) is 33.4. The Kier molecular flexibility index (Phi) is 27.2. The summed E-state index contributed by atoms with van der Waals surface area (Å²) in [4.78, 5) is 76.2. The number of anilines is 2. The molecule has 1 aliphatic heterocycles. The first-order chi connectivity index (χ1) is 43.5. The topological polar surface area (TPSA) is 346 Å². The van der Waals surface area contributed by atoms with Gasteiger partial charge in [0.25, 0.3) is 0 Å². The highest BCUT2D eigenvalue weighted by atomic mass is 32.2. The molecule has 25 nitrogen and oxygen atoms in total. The third-order valence-electron chi connectivity index (χ3n) is 14.7. The van der Waals surface area contributed by atoms with Crippen LogP contribution >= 0.6 is 22.1 Å². The van der Waals surface area contributed by atoms with E-state index in [0.29, 0.717) is 133 Å². The quantitative estimate of drug-likeness (QED) is 0.0341. The maximum atomic E-state index is 13.3. The molecule has 0 radical (unpaired) electrons. The minimum Gasteiger partial charge on any atom is -0.795 e. The number of amides is 1. The molecule has 508 valence electrons. The maximum absolute atomic E-state index is 13.3. The number of hydrogen-bond donors (Lipinski definition) is 1. The van der Waals surface area contributed by atoms with E-state index in [4.69, 9.17) is 14.2 Å². The van der Waals surface area contributed by atoms with Crippen LogP contribution in [0.3, 0.4) is 0 Å². The normalized spacial score (nSPS) is 15.7. The molecule has 2 aromatic carbocycles. The molecule has 30 heteroatoms. The van der Waals surface area contributed by atoms with Crippen LogP contribution < -0.4 is 55.6 Å². The highest BCUT2D eigenvalue weighted by Gasteiger charge is 2.23. The number of hydrogen-bond acceptors (Lipinski definition) is 24. The van der Waals surface area contributed by atoms with Crippen LogP contribution in [0, 0.1) is 23.7 Å². The maximum Gasteiger partial charge on any atom is 0.407 e. The largest absolute Gasteiger partial charge is 0.795 e. The molecule has 1 saturated heterocycles. The molecule has 0 aliphatic carbocycles. The fraction of sp³-hybridized carbons (Fsp3) is 0.492. The number of aromatic nitrogens is 3. The molecule has 0 spiro atoms. The van der Waals surface area contributed by atoms with Crippen molar-refractivity contribution in [3.8, 4) is 35.2 Å².